The van der Waals surface area contributed by atoms with E-state index in [0.717, 1.165) is 45.1 Å². The van der Waals surface area contributed by atoms with Gasteiger partial charge in [0.15, 0.2) is 0 Å². The van der Waals surface area contributed by atoms with Crippen molar-refractivity contribution in [3.8, 4) is 0 Å². The smallest absolute Gasteiger partial charge is 0.309 e. The second-order valence-corrected chi connectivity index (χ2v) is 8.06. The summed E-state index contributed by atoms with van der Waals surface area (Å²) in [7, 11) is 6.13. The zero-order valence-electron chi connectivity index (χ0n) is 16.8. The first-order valence-corrected chi connectivity index (χ1v) is 10.0. The molecule has 0 unspecified atom stereocenters. The maximum Gasteiger partial charge on any atom is 0.309 e. The Morgan fingerprint density at radius 3 is 2.63 bits per heavy atom. The number of amides is 2. The Hall–Kier alpha value is -2.08. The molecule has 1 saturated carbocycles. The molecule has 1 aromatic carbocycles. The number of nitrogens with one attached hydrogen (secondary N) is 2. The largest absolute Gasteiger partial charge is 0.374 e. The highest BCUT2D eigenvalue weighted by atomic mass is 16.2. The number of nitrogens with zero attached hydrogens (tertiary/aromatic N) is 2. The zero-order chi connectivity index (χ0) is 19.4. The number of benzene rings is 1. The van der Waals surface area contributed by atoms with Crippen LogP contribution in [0.15, 0.2) is 18.2 Å². The van der Waals surface area contributed by atoms with Crippen molar-refractivity contribution in [1.29, 1.82) is 0 Å². The third-order valence-electron chi connectivity index (χ3n) is 5.82. The van der Waals surface area contributed by atoms with E-state index >= 15 is 0 Å². The van der Waals surface area contributed by atoms with Gasteiger partial charge in [0.1, 0.15) is 0 Å². The summed E-state index contributed by atoms with van der Waals surface area (Å²) in [6.07, 6.45) is 6.46. The van der Waals surface area contributed by atoms with Crippen molar-refractivity contribution in [1.82, 2.24) is 15.5 Å². The number of fused-ring (bicyclic) bond motifs is 1. The second-order valence-electron chi connectivity index (χ2n) is 8.06. The van der Waals surface area contributed by atoms with E-state index in [9.17, 15) is 9.59 Å². The van der Waals surface area contributed by atoms with E-state index in [4.69, 9.17) is 0 Å². The van der Waals surface area contributed by atoms with Crippen LogP contribution < -0.4 is 15.5 Å². The molecule has 1 aliphatic heterocycles. The first kappa shape index (κ1) is 19.7. The predicted octanol–water partition coefficient (Wildman–Crippen LogP) is 1.85. The summed E-state index contributed by atoms with van der Waals surface area (Å²) >= 11 is 0. The zero-order valence-corrected chi connectivity index (χ0v) is 16.8. The van der Waals surface area contributed by atoms with Gasteiger partial charge in [0, 0.05) is 31.9 Å². The van der Waals surface area contributed by atoms with Gasteiger partial charge in [0.2, 0.25) is 0 Å². The lowest BCUT2D eigenvalue weighted by atomic mass is 9.96. The summed E-state index contributed by atoms with van der Waals surface area (Å²) in [6.45, 7) is 1.51. The lowest BCUT2D eigenvalue weighted by Crippen LogP contribution is -2.45. The minimum Gasteiger partial charge on any atom is -0.374 e. The normalized spacial score (nSPS) is 18.3. The Morgan fingerprint density at radius 1 is 1.19 bits per heavy atom. The number of carbonyl (C=O) groups excluding carboxylic acids is 2. The van der Waals surface area contributed by atoms with Crippen molar-refractivity contribution in [3.05, 3.63) is 29.3 Å². The van der Waals surface area contributed by atoms with Gasteiger partial charge in [0.25, 0.3) is 0 Å². The molecule has 2 aliphatic rings. The van der Waals surface area contributed by atoms with Gasteiger partial charge in [-0.1, -0.05) is 25.0 Å². The Balaban J connectivity index is 1.62. The molecular weight excluding hydrogens is 340 g/mol. The molecule has 0 saturated heterocycles. The van der Waals surface area contributed by atoms with Crippen LogP contribution in [-0.4, -0.2) is 57.0 Å². The highest BCUT2D eigenvalue weighted by Gasteiger charge is 2.23. The second kappa shape index (κ2) is 8.74. The predicted molar refractivity (Wildman–Crippen MR) is 108 cm³/mol. The highest BCUT2D eigenvalue weighted by Crippen LogP contribution is 2.29. The summed E-state index contributed by atoms with van der Waals surface area (Å²) in [6, 6.07) is 6.75. The van der Waals surface area contributed by atoms with E-state index in [1.807, 2.05) is 14.1 Å². The molecule has 0 radical (unpaired) electrons. The molecule has 1 aromatic rings. The lowest BCUT2D eigenvalue weighted by molar-refractivity contribution is -0.139. The van der Waals surface area contributed by atoms with Crippen LogP contribution in [0, 0.1) is 0 Å². The number of rotatable bonds is 5. The number of anilines is 1. The van der Waals surface area contributed by atoms with Gasteiger partial charge in [0.05, 0.1) is 6.04 Å². The molecule has 2 N–H and O–H groups in total. The monoisotopic (exact) mass is 372 g/mol. The molecule has 1 fully saturated rings. The Bertz CT molecular complexity index is 683. The van der Waals surface area contributed by atoms with Crippen molar-refractivity contribution < 1.29 is 9.59 Å². The topological polar surface area (TPSA) is 64.7 Å². The third-order valence-corrected chi connectivity index (χ3v) is 5.82. The van der Waals surface area contributed by atoms with Crippen LogP contribution in [0.25, 0.3) is 0 Å². The Morgan fingerprint density at radius 2 is 1.93 bits per heavy atom. The van der Waals surface area contributed by atoms with Gasteiger partial charge in [-0.25, -0.2) is 0 Å². The SMILES string of the molecule is CN1CCCc2cc([C@@H](CNC(=O)C(=O)NC3CCCC3)N(C)C)ccc21. The molecule has 0 bridgehead atoms. The number of likely N-dealkylation sites (N-methyl/N-ethyl adjacent to an activating group) is 1. The maximum atomic E-state index is 12.2. The summed E-state index contributed by atoms with van der Waals surface area (Å²) in [5, 5.41) is 5.67. The van der Waals surface area contributed by atoms with Gasteiger partial charge >= 0.3 is 11.8 Å². The van der Waals surface area contributed by atoms with E-state index in [0.29, 0.717) is 6.54 Å². The van der Waals surface area contributed by atoms with Crippen molar-refractivity contribution in [2.45, 2.75) is 50.6 Å². The Labute approximate surface area is 162 Å². The fourth-order valence-electron chi connectivity index (χ4n) is 4.20. The molecule has 3 rings (SSSR count). The molecule has 0 aromatic heterocycles. The van der Waals surface area contributed by atoms with Gasteiger partial charge in [-0.3, -0.25) is 9.59 Å². The van der Waals surface area contributed by atoms with Crippen molar-refractivity contribution in [3.63, 3.8) is 0 Å². The van der Waals surface area contributed by atoms with Crippen LogP contribution >= 0.6 is 0 Å². The van der Waals surface area contributed by atoms with Crippen LogP contribution in [0.4, 0.5) is 5.69 Å². The molecule has 6 heteroatoms. The quantitative estimate of drug-likeness (QED) is 0.774. The van der Waals surface area contributed by atoms with Gasteiger partial charge in [-0.15, -0.1) is 0 Å². The minimum atomic E-state index is -0.536. The van der Waals surface area contributed by atoms with Gasteiger partial charge < -0.3 is 20.4 Å². The van der Waals surface area contributed by atoms with Gasteiger partial charge in [-0.05, 0) is 57.0 Å². The summed E-state index contributed by atoms with van der Waals surface area (Å²) in [5.41, 5.74) is 3.83. The average molecular weight is 373 g/mol. The number of aryl methyl sites for hydroxylation is 1. The number of hydrogen-bond donors (Lipinski definition) is 2. The summed E-state index contributed by atoms with van der Waals surface area (Å²) < 4.78 is 0. The molecule has 1 aliphatic carbocycles. The van der Waals surface area contributed by atoms with Crippen LogP contribution in [0.1, 0.15) is 49.3 Å². The van der Waals surface area contributed by atoms with E-state index in [1.165, 1.54) is 16.8 Å². The van der Waals surface area contributed by atoms with E-state index < -0.39 is 11.8 Å². The molecule has 1 atom stereocenters. The first-order chi connectivity index (χ1) is 13.0. The third kappa shape index (κ3) is 4.80. The fourth-order valence-corrected chi connectivity index (χ4v) is 4.20. The van der Waals surface area contributed by atoms with Crippen LogP contribution in [0.3, 0.4) is 0 Å². The minimum absolute atomic E-state index is 0.0331. The van der Waals surface area contributed by atoms with Gasteiger partial charge in [-0.2, -0.15) is 0 Å². The number of carbonyl (C=O) groups is 2. The molecule has 148 valence electrons. The van der Waals surface area contributed by atoms with Crippen molar-refractivity contribution >= 4 is 17.5 Å². The molecule has 2 amide bonds. The standard InChI is InChI=1S/C21H32N4O2/c1-24(2)19(14-22-20(26)21(27)23-17-8-4-5-9-17)16-10-11-18-15(13-16)7-6-12-25(18)3/h10-11,13,17,19H,4-9,12,14H2,1-3H3,(H,22,26)(H,23,27)/t19-/m1/s1. The van der Waals surface area contributed by atoms with Crippen LogP contribution in [-0.2, 0) is 16.0 Å². The Kier molecular flexibility index (Phi) is 6.37. The maximum absolute atomic E-state index is 12.2. The molecule has 27 heavy (non-hydrogen) atoms. The van der Waals surface area contributed by atoms with Crippen molar-refractivity contribution in [2.75, 3.05) is 39.1 Å². The molecular formula is C21H32N4O2. The first-order valence-electron chi connectivity index (χ1n) is 10.0. The fraction of sp³-hybridized carbons (Fsp3) is 0.619. The average Bonchev–Trinajstić information content (AvgIpc) is 3.14. The van der Waals surface area contributed by atoms with E-state index in [-0.39, 0.29) is 12.1 Å². The molecule has 0 spiro atoms. The number of hydrogen-bond acceptors (Lipinski definition) is 4. The van der Waals surface area contributed by atoms with E-state index in [1.54, 1.807) is 0 Å². The highest BCUT2D eigenvalue weighted by molar-refractivity contribution is 6.35. The van der Waals surface area contributed by atoms with Crippen LogP contribution in [0.2, 0.25) is 0 Å². The van der Waals surface area contributed by atoms with Crippen LogP contribution in [0.5, 0.6) is 0 Å². The molecule has 1 heterocycles. The molecule has 6 nitrogen and oxygen atoms in total. The van der Waals surface area contributed by atoms with Crippen molar-refractivity contribution in [2.24, 2.45) is 0 Å². The van der Waals surface area contributed by atoms with E-state index in [2.05, 4.69) is 45.7 Å². The summed E-state index contributed by atoms with van der Waals surface area (Å²) in [5.74, 6) is -1.04. The summed E-state index contributed by atoms with van der Waals surface area (Å²) in [4.78, 5) is 28.7. The lowest BCUT2D eigenvalue weighted by Gasteiger charge is -2.30.